The van der Waals surface area contributed by atoms with E-state index in [2.05, 4.69) is 15.5 Å². The van der Waals surface area contributed by atoms with Gasteiger partial charge in [0.1, 0.15) is 11.6 Å². The van der Waals surface area contributed by atoms with Crippen molar-refractivity contribution in [3.05, 3.63) is 101 Å². The standard InChI is InChI=1S/C27H23F2N3O3/c1-35-27(34)19-7-2-5-17(15-19)6-4-14-30-26(33)21-8-3-9-22(29)25(21)24-16-23(31-32-24)18-10-12-20(28)13-11-18/h2-3,5,7-13,15-16H,4,6,14H2,1H3,(H,30,33)(H,31,32). The maximum Gasteiger partial charge on any atom is 0.337 e. The number of benzene rings is 3. The molecule has 4 rings (SSSR count). The van der Waals surface area contributed by atoms with Gasteiger partial charge in [-0.25, -0.2) is 13.6 Å². The van der Waals surface area contributed by atoms with Crippen LogP contribution in [0.1, 0.15) is 32.7 Å². The first kappa shape index (κ1) is 23.8. The number of ether oxygens (including phenoxy) is 1. The highest BCUT2D eigenvalue weighted by Crippen LogP contribution is 2.29. The van der Waals surface area contributed by atoms with Gasteiger partial charge in [0, 0.05) is 17.7 Å². The zero-order valence-corrected chi connectivity index (χ0v) is 19.0. The number of H-pyrrole nitrogens is 1. The van der Waals surface area contributed by atoms with Crippen LogP contribution < -0.4 is 5.32 Å². The first-order valence-electron chi connectivity index (χ1n) is 11.0. The maximum absolute atomic E-state index is 14.8. The second-order valence-corrected chi connectivity index (χ2v) is 7.89. The Bertz CT molecular complexity index is 1350. The summed E-state index contributed by atoms with van der Waals surface area (Å²) in [5, 5.41) is 9.79. The van der Waals surface area contributed by atoms with Gasteiger partial charge in [0.15, 0.2) is 0 Å². The number of rotatable bonds is 8. The quantitative estimate of drug-likeness (QED) is 0.272. The maximum atomic E-state index is 14.8. The van der Waals surface area contributed by atoms with Crippen LogP contribution in [0.4, 0.5) is 8.78 Å². The minimum Gasteiger partial charge on any atom is -0.465 e. The number of halogens is 2. The molecule has 0 atom stereocenters. The van der Waals surface area contributed by atoms with Gasteiger partial charge in [-0.05, 0) is 73.0 Å². The molecule has 4 aromatic rings. The number of nitrogens with zero attached hydrogens (tertiary/aromatic N) is 1. The molecule has 0 saturated carbocycles. The van der Waals surface area contributed by atoms with Gasteiger partial charge >= 0.3 is 5.97 Å². The highest BCUT2D eigenvalue weighted by atomic mass is 19.1. The Balaban J connectivity index is 1.44. The number of methoxy groups -OCH3 is 1. The second kappa shape index (κ2) is 10.7. The number of aromatic amines is 1. The van der Waals surface area contributed by atoms with E-state index < -0.39 is 17.7 Å². The average molecular weight is 475 g/mol. The number of hydrogen-bond donors (Lipinski definition) is 2. The van der Waals surface area contributed by atoms with E-state index in [0.717, 1.165) is 5.56 Å². The fourth-order valence-corrected chi connectivity index (χ4v) is 3.77. The fourth-order valence-electron chi connectivity index (χ4n) is 3.77. The molecule has 3 aromatic carbocycles. The molecule has 0 aliphatic carbocycles. The molecule has 35 heavy (non-hydrogen) atoms. The first-order valence-corrected chi connectivity index (χ1v) is 11.0. The van der Waals surface area contributed by atoms with E-state index in [0.29, 0.717) is 41.9 Å². The van der Waals surface area contributed by atoms with Crippen molar-refractivity contribution in [3.63, 3.8) is 0 Å². The number of esters is 1. The second-order valence-electron chi connectivity index (χ2n) is 7.89. The lowest BCUT2D eigenvalue weighted by Gasteiger charge is -2.10. The molecule has 0 aliphatic heterocycles. The number of carbonyl (C=O) groups excluding carboxylic acids is 2. The summed E-state index contributed by atoms with van der Waals surface area (Å²) < 4.78 is 32.7. The van der Waals surface area contributed by atoms with Crippen LogP contribution in [-0.2, 0) is 11.2 Å². The van der Waals surface area contributed by atoms with Crippen LogP contribution in [-0.4, -0.2) is 35.7 Å². The fraction of sp³-hybridized carbons (Fsp3) is 0.148. The van der Waals surface area contributed by atoms with E-state index in [1.165, 1.54) is 31.4 Å². The lowest BCUT2D eigenvalue weighted by molar-refractivity contribution is 0.0600. The van der Waals surface area contributed by atoms with Crippen molar-refractivity contribution in [2.75, 3.05) is 13.7 Å². The summed E-state index contributed by atoms with van der Waals surface area (Å²) in [5.41, 5.74) is 3.20. The number of hydrogen-bond acceptors (Lipinski definition) is 4. The van der Waals surface area contributed by atoms with Crippen molar-refractivity contribution in [3.8, 4) is 22.5 Å². The van der Waals surface area contributed by atoms with Crippen molar-refractivity contribution in [2.45, 2.75) is 12.8 Å². The lowest BCUT2D eigenvalue weighted by Crippen LogP contribution is -2.25. The molecule has 178 valence electrons. The summed E-state index contributed by atoms with van der Waals surface area (Å²) in [4.78, 5) is 24.6. The van der Waals surface area contributed by atoms with E-state index in [-0.39, 0.29) is 16.9 Å². The van der Waals surface area contributed by atoms with Crippen molar-refractivity contribution in [1.29, 1.82) is 0 Å². The SMILES string of the molecule is COC(=O)c1cccc(CCCNC(=O)c2cccc(F)c2-c2cc(-c3ccc(F)cc3)n[nH]2)c1. The van der Waals surface area contributed by atoms with E-state index >= 15 is 0 Å². The van der Waals surface area contributed by atoms with E-state index in [1.54, 1.807) is 42.5 Å². The topological polar surface area (TPSA) is 84.1 Å². The minimum atomic E-state index is -0.563. The predicted octanol–water partition coefficient (Wildman–Crippen LogP) is 5.17. The van der Waals surface area contributed by atoms with E-state index in [9.17, 15) is 18.4 Å². The zero-order valence-electron chi connectivity index (χ0n) is 19.0. The zero-order chi connectivity index (χ0) is 24.8. The first-order chi connectivity index (χ1) is 17.0. The molecule has 0 spiro atoms. The van der Waals surface area contributed by atoms with Crippen LogP contribution in [0.15, 0.2) is 72.8 Å². The molecule has 2 N–H and O–H groups in total. The van der Waals surface area contributed by atoms with E-state index in [1.807, 2.05) is 6.07 Å². The molecule has 0 fully saturated rings. The summed E-state index contributed by atoms with van der Waals surface area (Å²) in [6, 6.07) is 18.8. The van der Waals surface area contributed by atoms with E-state index in [4.69, 9.17) is 4.74 Å². The monoisotopic (exact) mass is 475 g/mol. The number of aryl methyl sites for hydroxylation is 1. The smallest absolute Gasteiger partial charge is 0.337 e. The molecule has 1 amide bonds. The van der Waals surface area contributed by atoms with Crippen molar-refractivity contribution in [2.24, 2.45) is 0 Å². The summed E-state index contributed by atoms with van der Waals surface area (Å²) in [5.74, 6) is -1.75. The number of amides is 1. The van der Waals surface area contributed by atoms with Crippen molar-refractivity contribution in [1.82, 2.24) is 15.5 Å². The molecule has 0 saturated heterocycles. The molecule has 1 heterocycles. The predicted molar refractivity (Wildman–Crippen MR) is 128 cm³/mol. The Morgan fingerprint density at radius 1 is 1.00 bits per heavy atom. The molecule has 0 unspecified atom stereocenters. The molecule has 6 nitrogen and oxygen atoms in total. The summed E-state index contributed by atoms with van der Waals surface area (Å²) in [7, 11) is 1.33. The van der Waals surface area contributed by atoms with Gasteiger partial charge in [0.05, 0.1) is 29.6 Å². The Morgan fingerprint density at radius 2 is 1.77 bits per heavy atom. The molecule has 1 aromatic heterocycles. The average Bonchev–Trinajstić information content (AvgIpc) is 3.36. The van der Waals surface area contributed by atoms with Gasteiger partial charge in [-0.3, -0.25) is 9.89 Å². The van der Waals surface area contributed by atoms with Gasteiger partial charge in [-0.1, -0.05) is 18.2 Å². The number of nitrogens with one attached hydrogen (secondary N) is 2. The van der Waals surface area contributed by atoms with Crippen LogP contribution in [0.5, 0.6) is 0 Å². The molecular weight excluding hydrogens is 452 g/mol. The number of aromatic nitrogens is 2. The van der Waals surface area contributed by atoms with Crippen molar-refractivity contribution >= 4 is 11.9 Å². The third kappa shape index (κ3) is 5.60. The van der Waals surface area contributed by atoms with Crippen LogP contribution in [0.3, 0.4) is 0 Å². The number of carbonyl (C=O) groups is 2. The van der Waals surface area contributed by atoms with Gasteiger partial charge in [0.2, 0.25) is 0 Å². The van der Waals surface area contributed by atoms with Gasteiger partial charge in [0.25, 0.3) is 5.91 Å². The molecule has 0 bridgehead atoms. The van der Waals surface area contributed by atoms with Crippen molar-refractivity contribution < 1.29 is 23.1 Å². The Morgan fingerprint density at radius 3 is 2.54 bits per heavy atom. The highest BCUT2D eigenvalue weighted by Gasteiger charge is 2.19. The molecule has 0 radical (unpaired) electrons. The lowest BCUT2D eigenvalue weighted by atomic mass is 10.0. The summed E-state index contributed by atoms with van der Waals surface area (Å²) in [6.45, 7) is 0.362. The molecular formula is C27H23F2N3O3. The van der Waals surface area contributed by atoms with Crippen LogP contribution >= 0.6 is 0 Å². The van der Waals surface area contributed by atoms with Crippen LogP contribution in [0, 0.1) is 11.6 Å². The van der Waals surface area contributed by atoms with Crippen LogP contribution in [0.25, 0.3) is 22.5 Å². The minimum absolute atomic E-state index is 0.108. The van der Waals surface area contributed by atoms with Crippen LogP contribution in [0.2, 0.25) is 0 Å². The third-order valence-corrected chi connectivity index (χ3v) is 5.52. The van der Waals surface area contributed by atoms with Gasteiger partial charge in [-0.15, -0.1) is 0 Å². The normalized spacial score (nSPS) is 10.7. The molecule has 8 heteroatoms. The summed E-state index contributed by atoms with van der Waals surface area (Å²) in [6.07, 6.45) is 1.27. The van der Waals surface area contributed by atoms with Gasteiger partial charge in [-0.2, -0.15) is 5.10 Å². The Kier molecular flexibility index (Phi) is 7.30. The Labute approximate surface area is 201 Å². The summed E-state index contributed by atoms with van der Waals surface area (Å²) >= 11 is 0. The third-order valence-electron chi connectivity index (χ3n) is 5.52. The largest absolute Gasteiger partial charge is 0.465 e. The Hall–Kier alpha value is -4.33. The highest BCUT2D eigenvalue weighted by molar-refractivity contribution is 6.00. The molecule has 0 aliphatic rings. The van der Waals surface area contributed by atoms with Gasteiger partial charge < -0.3 is 10.1 Å².